The van der Waals surface area contributed by atoms with Crippen molar-refractivity contribution in [3.05, 3.63) is 88.5 Å². The fourth-order valence-corrected chi connectivity index (χ4v) is 3.96. The minimum Gasteiger partial charge on any atom is -0.497 e. The molecular weight excluding hydrogens is 380 g/mol. The lowest BCUT2D eigenvalue weighted by Crippen LogP contribution is -3.10. The Bertz CT molecular complexity index is 1250. The number of quaternary nitrogens is 1. The molecule has 0 fully saturated rings. The van der Waals surface area contributed by atoms with Crippen LogP contribution in [0.25, 0.3) is 22.1 Å². The molecule has 0 amide bonds. The van der Waals surface area contributed by atoms with E-state index in [-0.39, 0.29) is 5.63 Å². The predicted molar refractivity (Wildman–Crippen MR) is 113 cm³/mol. The minimum atomic E-state index is -0.372. The summed E-state index contributed by atoms with van der Waals surface area (Å²) in [5.41, 5.74) is 4.11. The topological polar surface area (TPSA) is 66.0 Å². The third-order valence-electron chi connectivity index (χ3n) is 5.44. The van der Waals surface area contributed by atoms with Crippen molar-refractivity contribution < 1.29 is 18.8 Å². The zero-order valence-electron chi connectivity index (χ0n) is 16.6. The molecular formula is C24H21N2O4+. The summed E-state index contributed by atoms with van der Waals surface area (Å²) in [4.78, 5) is 17.7. The van der Waals surface area contributed by atoms with Gasteiger partial charge in [0, 0.05) is 29.4 Å². The third-order valence-corrected chi connectivity index (χ3v) is 5.44. The summed E-state index contributed by atoms with van der Waals surface area (Å²) >= 11 is 0. The molecule has 0 aliphatic carbocycles. The number of rotatable bonds is 4. The highest BCUT2D eigenvalue weighted by Gasteiger charge is 2.25. The highest BCUT2D eigenvalue weighted by molar-refractivity contribution is 5.95. The van der Waals surface area contributed by atoms with Gasteiger partial charge < -0.3 is 13.9 Å². The smallest absolute Gasteiger partial charge is 0.336 e. The molecule has 6 nitrogen and oxygen atoms in total. The Morgan fingerprint density at radius 2 is 1.87 bits per heavy atom. The second-order valence-electron chi connectivity index (χ2n) is 7.37. The van der Waals surface area contributed by atoms with Gasteiger partial charge in [-0.05, 0) is 47.5 Å². The first kappa shape index (κ1) is 18.4. The summed E-state index contributed by atoms with van der Waals surface area (Å²) in [5, 5.41) is 0.896. The van der Waals surface area contributed by atoms with Crippen molar-refractivity contribution >= 4 is 11.0 Å². The van der Waals surface area contributed by atoms with Crippen LogP contribution in [0, 0.1) is 0 Å². The second kappa shape index (κ2) is 7.65. The Labute approximate surface area is 173 Å². The Morgan fingerprint density at radius 3 is 2.63 bits per heavy atom. The summed E-state index contributed by atoms with van der Waals surface area (Å²) < 4.78 is 16.9. The fourth-order valence-electron chi connectivity index (χ4n) is 3.96. The van der Waals surface area contributed by atoms with Crippen molar-refractivity contribution in [2.75, 3.05) is 13.8 Å². The number of fused-ring (bicyclic) bond motifs is 3. The van der Waals surface area contributed by atoms with Crippen LogP contribution < -0.4 is 20.0 Å². The zero-order chi connectivity index (χ0) is 20.5. The summed E-state index contributed by atoms with van der Waals surface area (Å²) in [6.45, 7) is 2.08. The molecule has 4 aromatic rings. The van der Waals surface area contributed by atoms with Crippen LogP contribution in [-0.2, 0) is 13.1 Å². The third kappa shape index (κ3) is 3.42. The predicted octanol–water partition coefficient (Wildman–Crippen LogP) is 2.80. The lowest BCUT2D eigenvalue weighted by molar-refractivity contribution is -0.945. The first-order chi connectivity index (χ1) is 14.7. The van der Waals surface area contributed by atoms with Crippen molar-refractivity contribution in [2.24, 2.45) is 0 Å². The Balaban J connectivity index is 1.57. The highest BCUT2D eigenvalue weighted by atomic mass is 16.5. The molecule has 0 saturated heterocycles. The van der Waals surface area contributed by atoms with Crippen LogP contribution in [-0.4, -0.2) is 18.8 Å². The molecule has 6 heteroatoms. The van der Waals surface area contributed by atoms with Gasteiger partial charge in [0.1, 0.15) is 24.6 Å². The van der Waals surface area contributed by atoms with Crippen LogP contribution in [0.4, 0.5) is 0 Å². The molecule has 0 saturated carbocycles. The van der Waals surface area contributed by atoms with E-state index in [0.717, 1.165) is 40.1 Å². The van der Waals surface area contributed by atoms with E-state index in [2.05, 4.69) is 4.98 Å². The first-order valence-electron chi connectivity index (χ1n) is 9.81. The van der Waals surface area contributed by atoms with E-state index in [9.17, 15) is 4.79 Å². The summed E-state index contributed by atoms with van der Waals surface area (Å²) in [5.74, 6) is 1.54. The minimum absolute atomic E-state index is 0.372. The largest absolute Gasteiger partial charge is 0.497 e. The molecule has 1 unspecified atom stereocenters. The van der Waals surface area contributed by atoms with Gasteiger partial charge in [0.05, 0.1) is 12.7 Å². The van der Waals surface area contributed by atoms with Crippen LogP contribution in [0.15, 0.2) is 76.2 Å². The molecule has 2 aromatic heterocycles. The van der Waals surface area contributed by atoms with Crippen molar-refractivity contribution in [1.29, 1.82) is 0 Å². The summed E-state index contributed by atoms with van der Waals surface area (Å²) in [7, 11) is 1.63. The molecule has 0 spiro atoms. The number of pyridine rings is 1. The molecule has 0 bridgehead atoms. The van der Waals surface area contributed by atoms with Crippen LogP contribution in [0.1, 0.15) is 11.1 Å². The number of benzene rings is 2. The van der Waals surface area contributed by atoms with Crippen molar-refractivity contribution in [2.45, 2.75) is 13.1 Å². The van der Waals surface area contributed by atoms with Crippen molar-refractivity contribution in [3.63, 3.8) is 0 Å². The second-order valence-corrected chi connectivity index (χ2v) is 7.37. The van der Waals surface area contributed by atoms with Crippen molar-refractivity contribution in [1.82, 2.24) is 4.98 Å². The zero-order valence-corrected chi connectivity index (χ0v) is 16.6. The van der Waals surface area contributed by atoms with Gasteiger partial charge in [-0.25, -0.2) is 4.79 Å². The number of aromatic nitrogens is 1. The Morgan fingerprint density at radius 1 is 1.07 bits per heavy atom. The van der Waals surface area contributed by atoms with E-state index in [1.165, 1.54) is 10.5 Å². The van der Waals surface area contributed by atoms with Gasteiger partial charge in [0.25, 0.3) is 0 Å². The number of nitrogens with zero attached hydrogens (tertiary/aromatic N) is 1. The molecule has 150 valence electrons. The number of ether oxygens (including phenoxy) is 2. The van der Waals surface area contributed by atoms with E-state index >= 15 is 0 Å². The number of nitrogens with one attached hydrogen (secondary N) is 1. The first-order valence-corrected chi connectivity index (χ1v) is 9.81. The maximum Gasteiger partial charge on any atom is 0.336 e. The number of methoxy groups -OCH3 is 1. The molecule has 5 rings (SSSR count). The summed E-state index contributed by atoms with van der Waals surface area (Å²) in [6, 6.07) is 17.2. The average Bonchev–Trinajstić information content (AvgIpc) is 2.79. The quantitative estimate of drug-likeness (QED) is 0.533. The van der Waals surface area contributed by atoms with Crippen LogP contribution in [0.2, 0.25) is 0 Å². The molecule has 1 aliphatic heterocycles. The Kier molecular flexibility index (Phi) is 4.69. The molecule has 30 heavy (non-hydrogen) atoms. The van der Waals surface area contributed by atoms with Gasteiger partial charge in [-0.15, -0.1) is 0 Å². The molecule has 0 radical (unpaired) electrons. The Hall–Kier alpha value is -3.64. The van der Waals surface area contributed by atoms with Gasteiger partial charge in [0.2, 0.25) is 6.73 Å². The molecule has 1 aliphatic rings. The lowest BCUT2D eigenvalue weighted by atomic mass is 9.99. The molecule has 3 heterocycles. The number of hydrogen-bond donors (Lipinski definition) is 1. The molecule has 1 atom stereocenters. The molecule has 2 aromatic carbocycles. The van der Waals surface area contributed by atoms with Gasteiger partial charge in [-0.2, -0.15) is 0 Å². The number of hydrogen-bond acceptors (Lipinski definition) is 5. The SMILES string of the molecule is COc1ccc(-c2cc(=O)oc3c4c(ccc23)OC[NH+](Cc2ccncc2)C4)cc1. The standard InChI is InChI=1S/C24H20N2O4/c1-28-18-4-2-17(3-5-18)20-12-23(27)30-24-19(20)6-7-22-21(24)14-26(15-29-22)13-16-8-10-25-11-9-16/h2-12H,13-15H2,1H3/p+1. The van der Waals surface area contributed by atoms with E-state index in [1.807, 2.05) is 48.5 Å². The van der Waals surface area contributed by atoms with E-state index in [1.54, 1.807) is 25.6 Å². The molecule has 1 N–H and O–H groups in total. The summed E-state index contributed by atoms with van der Waals surface area (Å²) in [6.07, 6.45) is 3.59. The normalized spacial score (nSPS) is 15.4. The van der Waals surface area contributed by atoms with E-state index in [0.29, 0.717) is 18.9 Å². The van der Waals surface area contributed by atoms with Crippen molar-refractivity contribution in [3.8, 4) is 22.6 Å². The highest BCUT2D eigenvalue weighted by Crippen LogP contribution is 2.34. The van der Waals surface area contributed by atoms with Gasteiger partial charge >= 0.3 is 5.63 Å². The van der Waals surface area contributed by atoms with Crippen LogP contribution >= 0.6 is 0 Å². The lowest BCUT2D eigenvalue weighted by Gasteiger charge is -2.26. The maximum absolute atomic E-state index is 12.4. The monoisotopic (exact) mass is 401 g/mol. The van der Waals surface area contributed by atoms with Crippen LogP contribution in [0.3, 0.4) is 0 Å². The maximum atomic E-state index is 12.4. The van der Waals surface area contributed by atoms with Crippen LogP contribution in [0.5, 0.6) is 11.5 Å². The van der Waals surface area contributed by atoms with Gasteiger partial charge in [0.15, 0.2) is 5.58 Å². The van der Waals surface area contributed by atoms with E-state index < -0.39 is 0 Å². The average molecular weight is 401 g/mol. The van der Waals surface area contributed by atoms with Gasteiger partial charge in [-0.1, -0.05) is 12.1 Å². The fraction of sp³-hybridized carbons (Fsp3) is 0.167. The van der Waals surface area contributed by atoms with Gasteiger partial charge in [-0.3, -0.25) is 9.88 Å². The van der Waals surface area contributed by atoms with E-state index in [4.69, 9.17) is 13.9 Å².